The predicted molar refractivity (Wildman–Crippen MR) is 99.9 cm³/mol. The van der Waals surface area contributed by atoms with Gasteiger partial charge in [0.2, 0.25) is 11.8 Å². The summed E-state index contributed by atoms with van der Waals surface area (Å²) in [6.45, 7) is 1.86. The lowest BCUT2D eigenvalue weighted by atomic mass is 10.2. The summed E-state index contributed by atoms with van der Waals surface area (Å²) in [5, 5.41) is 6.39. The van der Waals surface area contributed by atoms with Gasteiger partial charge in [-0.25, -0.2) is 4.90 Å². The second-order valence-corrected chi connectivity index (χ2v) is 6.50. The molecule has 2 aromatic carbocycles. The van der Waals surface area contributed by atoms with Crippen molar-refractivity contribution in [2.24, 2.45) is 0 Å². The van der Waals surface area contributed by atoms with Crippen LogP contribution in [0.5, 0.6) is 0 Å². The molecule has 3 rings (SSSR count). The van der Waals surface area contributed by atoms with Crippen molar-refractivity contribution in [3.63, 3.8) is 0 Å². The first-order chi connectivity index (χ1) is 12.4. The maximum Gasteiger partial charge on any atom is 0.251 e. The average Bonchev–Trinajstić information content (AvgIpc) is 2.87. The lowest BCUT2D eigenvalue weighted by Crippen LogP contribution is -2.38. The smallest absolute Gasteiger partial charge is 0.251 e. The van der Waals surface area contributed by atoms with Crippen LogP contribution in [0.15, 0.2) is 48.5 Å². The number of carbonyl (C=O) groups is 3. The molecular formula is C19H18ClN3O3. The van der Waals surface area contributed by atoms with Gasteiger partial charge in [0.25, 0.3) is 5.91 Å². The van der Waals surface area contributed by atoms with Gasteiger partial charge in [0.15, 0.2) is 0 Å². The molecule has 0 aromatic heterocycles. The fraction of sp³-hybridized carbons (Fsp3) is 0.211. The number of hydrogen-bond acceptors (Lipinski definition) is 4. The van der Waals surface area contributed by atoms with E-state index in [1.165, 1.54) is 11.8 Å². The van der Waals surface area contributed by atoms with Crippen molar-refractivity contribution in [1.82, 2.24) is 5.32 Å². The minimum absolute atomic E-state index is 0.104. The number of nitrogens with one attached hydrogen (secondary N) is 2. The Balaban J connectivity index is 1.67. The number of imide groups is 1. The Labute approximate surface area is 156 Å². The number of rotatable bonds is 5. The summed E-state index contributed by atoms with van der Waals surface area (Å²) in [5.74, 6) is -0.730. The molecule has 1 aliphatic rings. The number of carbonyl (C=O) groups excluding carboxylic acids is 3. The largest absolute Gasteiger partial charge is 0.326 e. The van der Waals surface area contributed by atoms with Crippen LogP contribution >= 0.6 is 11.6 Å². The van der Waals surface area contributed by atoms with Crippen LogP contribution in [0.2, 0.25) is 5.02 Å². The minimum atomic E-state index is -0.573. The summed E-state index contributed by atoms with van der Waals surface area (Å²) >= 11 is 5.96. The van der Waals surface area contributed by atoms with Crippen LogP contribution in [0.4, 0.5) is 11.4 Å². The third-order valence-corrected chi connectivity index (χ3v) is 4.27. The zero-order chi connectivity index (χ0) is 18.7. The SMILES string of the molecule is CC(=O)Nc1ccc(N2C(=O)CC(NCc3cccc(Cl)c3)C2=O)cc1. The van der Waals surface area contributed by atoms with Crippen molar-refractivity contribution < 1.29 is 14.4 Å². The number of nitrogens with zero attached hydrogens (tertiary/aromatic N) is 1. The highest BCUT2D eigenvalue weighted by atomic mass is 35.5. The molecule has 3 amide bonds. The summed E-state index contributed by atoms with van der Waals surface area (Å²) in [5.41, 5.74) is 2.04. The quantitative estimate of drug-likeness (QED) is 0.792. The molecule has 1 unspecified atom stereocenters. The summed E-state index contributed by atoms with van der Waals surface area (Å²) in [7, 11) is 0. The van der Waals surface area contributed by atoms with E-state index < -0.39 is 6.04 Å². The molecule has 1 heterocycles. The zero-order valence-electron chi connectivity index (χ0n) is 14.2. The van der Waals surface area contributed by atoms with E-state index in [9.17, 15) is 14.4 Å². The van der Waals surface area contributed by atoms with Gasteiger partial charge in [-0.3, -0.25) is 14.4 Å². The van der Waals surface area contributed by atoms with Crippen molar-refractivity contribution >= 4 is 40.7 Å². The number of amides is 3. The molecule has 2 aromatic rings. The molecule has 26 heavy (non-hydrogen) atoms. The van der Waals surface area contributed by atoms with Crippen LogP contribution in [0, 0.1) is 0 Å². The van der Waals surface area contributed by atoms with Gasteiger partial charge < -0.3 is 10.6 Å². The lowest BCUT2D eigenvalue weighted by Gasteiger charge is -2.16. The third kappa shape index (κ3) is 4.09. The van der Waals surface area contributed by atoms with Gasteiger partial charge in [-0.1, -0.05) is 23.7 Å². The van der Waals surface area contributed by atoms with Crippen molar-refractivity contribution in [3.05, 3.63) is 59.1 Å². The number of anilines is 2. The third-order valence-electron chi connectivity index (χ3n) is 4.03. The van der Waals surface area contributed by atoms with E-state index in [1.54, 1.807) is 30.3 Å². The molecule has 0 bridgehead atoms. The van der Waals surface area contributed by atoms with E-state index in [1.807, 2.05) is 18.2 Å². The maximum atomic E-state index is 12.6. The Morgan fingerprint density at radius 1 is 1.19 bits per heavy atom. The van der Waals surface area contributed by atoms with Crippen molar-refractivity contribution in [2.45, 2.75) is 25.9 Å². The Morgan fingerprint density at radius 2 is 1.92 bits per heavy atom. The predicted octanol–water partition coefficient (Wildman–Crippen LogP) is 2.72. The van der Waals surface area contributed by atoms with Gasteiger partial charge >= 0.3 is 0 Å². The van der Waals surface area contributed by atoms with Crippen LogP contribution in [-0.2, 0) is 20.9 Å². The molecule has 0 spiro atoms. The zero-order valence-corrected chi connectivity index (χ0v) is 14.9. The molecule has 1 atom stereocenters. The van der Waals surface area contributed by atoms with Crippen LogP contribution < -0.4 is 15.5 Å². The van der Waals surface area contributed by atoms with E-state index in [2.05, 4.69) is 10.6 Å². The second-order valence-electron chi connectivity index (χ2n) is 6.06. The molecule has 0 aliphatic carbocycles. The molecule has 1 aliphatic heterocycles. The first-order valence-electron chi connectivity index (χ1n) is 8.16. The Kier molecular flexibility index (Phi) is 5.35. The monoisotopic (exact) mass is 371 g/mol. The summed E-state index contributed by atoms with van der Waals surface area (Å²) < 4.78 is 0. The molecular weight excluding hydrogens is 354 g/mol. The molecule has 2 N–H and O–H groups in total. The number of halogens is 1. The van der Waals surface area contributed by atoms with Crippen LogP contribution in [0.25, 0.3) is 0 Å². The van der Waals surface area contributed by atoms with Crippen molar-refractivity contribution in [2.75, 3.05) is 10.2 Å². The van der Waals surface area contributed by atoms with Crippen molar-refractivity contribution in [1.29, 1.82) is 0 Å². The highest BCUT2D eigenvalue weighted by Gasteiger charge is 2.39. The molecule has 1 fully saturated rings. The normalized spacial score (nSPS) is 16.8. The van der Waals surface area contributed by atoms with Gasteiger partial charge in [-0.05, 0) is 42.0 Å². The molecule has 7 heteroatoms. The summed E-state index contributed by atoms with van der Waals surface area (Å²) in [6, 6.07) is 13.4. The molecule has 134 valence electrons. The van der Waals surface area contributed by atoms with E-state index in [0.29, 0.717) is 22.9 Å². The maximum absolute atomic E-state index is 12.6. The Morgan fingerprint density at radius 3 is 2.58 bits per heavy atom. The first-order valence-corrected chi connectivity index (χ1v) is 8.54. The second kappa shape index (κ2) is 7.68. The molecule has 0 radical (unpaired) electrons. The Bertz CT molecular complexity index is 851. The summed E-state index contributed by atoms with van der Waals surface area (Å²) in [4.78, 5) is 37.2. The molecule has 0 saturated carbocycles. The molecule has 6 nitrogen and oxygen atoms in total. The Hall–Kier alpha value is -2.70. The summed E-state index contributed by atoms with van der Waals surface area (Å²) in [6.07, 6.45) is 0.104. The van der Waals surface area contributed by atoms with E-state index in [-0.39, 0.29) is 24.1 Å². The number of hydrogen-bond donors (Lipinski definition) is 2. The van der Waals surface area contributed by atoms with Gasteiger partial charge in [0.05, 0.1) is 18.2 Å². The average molecular weight is 372 g/mol. The van der Waals surface area contributed by atoms with Gasteiger partial charge in [-0.15, -0.1) is 0 Å². The number of benzene rings is 2. The van der Waals surface area contributed by atoms with Crippen LogP contribution in [-0.4, -0.2) is 23.8 Å². The van der Waals surface area contributed by atoms with E-state index in [4.69, 9.17) is 11.6 Å². The topological polar surface area (TPSA) is 78.5 Å². The van der Waals surface area contributed by atoms with E-state index in [0.717, 1.165) is 5.56 Å². The first kappa shape index (κ1) is 18.1. The van der Waals surface area contributed by atoms with Crippen LogP contribution in [0.1, 0.15) is 18.9 Å². The highest BCUT2D eigenvalue weighted by Crippen LogP contribution is 2.25. The highest BCUT2D eigenvalue weighted by molar-refractivity contribution is 6.30. The standard InChI is InChI=1S/C19H18ClN3O3/c1-12(24)22-15-5-7-16(8-6-15)23-18(25)10-17(19(23)26)21-11-13-3-2-4-14(20)9-13/h2-9,17,21H,10-11H2,1H3,(H,22,24). The van der Waals surface area contributed by atoms with E-state index >= 15 is 0 Å². The molecule has 1 saturated heterocycles. The van der Waals surface area contributed by atoms with Crippen LogP contribution in [0.3, 0.4) is 0 Å². The minimum Gasteiger partial charge on any atom is -0.326 e. The van der Waals surface area contributed by atoms with Gasteiger partial charge in [0, 0.05) is 24.2 Å². The van der Waals surface area contributed by atoms with Gasteiger partial charge in [0.1, 0.15) is 0 Å². The van der Waals surface area contributed by atoms with Crippen molar-refractivity contribution in [3.8, 4) is 0 Å². The fourth-order valence-corrected chi connectivity index (χ4v) is 3.06. The lowest BCUT2D eigenvalue weighted by molar-refractivity contribution is -0.121. The fourth-order valence-electron chi connectivity index (χ4n) is 2.85. The van der Waals surface area contributed by atoms with Gasteiger partial charge in [-0.2, -0.15) is 0 Å².